The van der Waals surface area contributed by atoms with E-state index in [1.54, 1.807) is 0 Å². The molecule has 2 aliphatic rings. The Morgan fingerprint density at radius 1 is 0.947 bits per heavy atom. The van der Waals surface area contributed by atoms with E-state index in [4.69, 9.17) is 26.9 Å². The standard InChI is InChI=1S/C28H41N7O2S/c1-28(2,3)37-27(36)32-21-16-14-20(15-17-21)31-26(38)30-19-12-10-18(11-13-19)29-25-33-23-9-7-6-8-22(23)24(34-25)35(4)5/h14-19H,6-13H2,1-5H3,(H,32,36)(H,29,33,34)(H2,30,31,38). The van der Waals surface area contributed by atoms with Crippen molar-refractivity contribution >= 4 is 46.6 Å². The first kappa shape index (κ1) is 27.9. The number of hydrogen-bond donors (Lipinski definition) is 4. The number of aryl methyl sites for hydroxylation is 1. The highest BCUT2D eigenvalue weighted by atomic mass is 32.1. The lowest BCUT2D eigenvalue weighted by molar-refractivity contribution is 0.0636. The zero-order valence-corrected chi connectivity index (χ0v) is 24.0. The molecule has 0 unspecified atom stereocenters. The van der Waals surface area contributed by atoms with Crippen molar-refractivity contribution in [2.75, 3.05) is 34.9 Å². The molecule has 0 spiro atoms. The van der Waals surface area contributed by atoms with Gasteiger partial charge < -0.3 is 25.6 Å². The third-order valence-electron chi connectivity index (χ3n) is 6.77. The summed E-state index contributed by atoms with van der Waals surface area (Å²) in [5, 5.41) is 13.6. The van der Waals surface area contributed by atoms with E-state index in [1.165, 1.54) is 24.1 Å². The molecule has 1 saturated carbocycles. The van der Waals surface area contributed by atoms with Gasteiger partial charge in [-0.1, -0.05) is 0 Å². The van der Waals surface area contributed by atoms with Gasteiger partial charge in [-0.15, -0.1) is 0 Å². The number of aromatic nitrogens is 2. The van der Waals surface area contributed by atoms with E-state index in [-0.39, 0.29) is 0 Å². The van der Waals surface area contributed by atoms with Gasteiger partial charge >= 0.3 is 6.09 Å². The Balaban J connectivity index is 1.23. The van der Waals surface area contributed by atoms with Crippen LogP contribution in [0.2, 0.25) is 0 Å². The Morgan fingerprint density at radius 3 is 2.18 bits per heavy atom. The van der Waals surface area contributed by atoms with Crippen molar-refractivity contribution in [1.82, 2.24) is 15.3 Å². The number of carbonyl (C=O) groups excluding carboxylic acids is 1. The van der Waals surface area contributed by atoms with Crippen molar-refractivity contribution in [3.8, 4) is 0 Å². The summed E-state index contributed by atoms with van der Waals surface area (Å²) in [6.07, 6.45) is 8.15. The number of ether oxygens (including phenoxy) is 1. The lowest BCUT2D eigenvalue weighted by Gasteiger charge is -2.31. The molecule has 10 heteroatoms. The van der Waals surface area contributed by atoms with Gasteiger partial charge in [0.15, 0.2) is 5.11 Å². The predicted molar refractivity (Wildman–Crippen MR) is 158 cm³/mol. The minimum atomic E-state index is -0.539. The van der Waals surface area contributed by atoms with Gasteiger partial charge in [-0.25, -0.2) is 9.78 Å². The lowest BCUT2D eigenvalue weighted by Crippen LogP contribution is -2.42. The Hall–Kier alpha value is -3.14. The van der Waals surface area contributed by atoms with Crippen molar-refractivity contribution in [3.05, 3.63) is 35.5 Å². The van der Waals surface area contributed by atoms with E-state index in [0.29, 0.717) is 22.9 Å². The summed E-state index contributed by atoms with van der Waals surface area (Å²) in [5.74, 6) is 1.81. The summed E-state index contributed by atoms with van der Waals surface area (Å²) in [5.41, 5.74) is 3.50. The Bertz CT molecular complexity index is 1120. The molecule has 1 heterocycles. The fourth-order valence-electron chi connectivity index (χ4n) is 4.98. The Labute approximate surface area is 231 Å². The molecule has 0 atom stereocenters. The molecule has 9 nitrogen and oxygen atoms in total. The van der Waals surface area contributed by atoms with Gasteiger partial charge in [-0.2, -0.15) is 4.98 Å². The third kappa shape index (κ3) is 7.93. The monoisotopic (exact) mass is 539 g/mol. The molecule has 0 radical (unpaired) electrons. The summed E-state index contributed by atoms with van der Waals surface area (Å²) in [4.78, 5) is 23.8. The zero-order chi connectivity index (χ0) is 27.3. The molecule has 1 amide bonds. The van der Waals surface area contributed by atoms with E-state index >= 15 is 0 Å². The molecule has 2 aliphatic carbocycles. The quantitative estimate of drug-likeness (QED) is 0.355. The molecule has 0 saturated heterocycles. The molecule has 4 rings (SSSR count). The van der Waals surface area contributed by atoms with Gasteiger partial charge in [0.2, 0.25) is 5.95 Å². The largest absolute Gasteiger partial charge is 0.444 e. The van der Waals surface area contributed by atoms with E-state index < -0.39 is 11.7 Å². The summed E-state index contributed by atoms with van der Waals surface area (Å²) < 4.78 is 5.29. The number of nitrogens with one attached hydrogen (secondary N) is 4. The molecule has 0 bridgehead atoms. The average molecular weight is 540 g/mol. The van der Waals surface area contributed by atoms with E-state index in [0.717, 1.165) is 56.0 Å². The molecule has 38 heavy (non-hydrogen) atoms. The van der Waals surface area contributed by atoms with Crippen LogP contribution in [0, 0.1) is 0 Å². The summed E-state index contributed by atoms with van der Waals surface area (Å²) in [6, 6.07) is 8.07. The minimum Gasteiger partial charge on any atom is -0.444 e. The van der Waals surface area contributed by atoms with Crippen LogP contribution in [-0.2, 0) is 17.6 Å². The number of benzene rings is 1. The number of fused-ring (bicyclic) bond motifs is 1. The second kappa shape index (κ2) is 12.1. The molecular formula is C28H41N7O2S. The van der Waals surface area contributed by atoms with Crippen LogP contribution < -0.4 is 26.2 Å². The first-order valence-corrected chi connectivity index (χ1v) is 14.0. The number of carbonyl (C=O) groups is 1. The third-order valence-corrected chi connectivity index (χ3v) is 6.99. The second-order valence-electron chi connectivity index (χ2n) is 11.4. The fourth-order valence-corrected chi connectivity index (χ4v) is 5.27. The van der Waals surface area contributed by atoms with Crippen LogP contribution in [0.1, 0.15) is 70.6 Å². The molecule has 1 fully saturated rings. The number of rotatable bonds is 6. The van der Waals surface area contributed by atoms with E-state index in [9.17, 15) is 4.79 Å². The molecule has 2 aromatic rings. The number of nitrogens with zero attached hydrogens (tertiary/aromatic N) is 3. The molecule has 1 aromatic carbocycles. The maximum atomic E-state index is 11.9. The maximum Gasteiger partial charge on any atom is 0.412 e. The van der Waals surface area contributed by atoms with Crippen molar-refractivity contribution in [1.29, 1.82) is 0 Å². The SMILES string of the molecule is CN(C)c1nc(NC2CCC(NC(=S)Nc3ccc(NC(=O)OC(C)(C)C)cc3)CC2)nc2c1CCCC2. The second-order valence-corrected chi connectivity index (χ2v) is 11.8. The highest BCUT2D eigenvalue weighted by Gasteiger charge is 2.24. The van der Waals surface area contributed by atoms with Gasteiger partial charge in [0.25, 0.3) is 0 Å². The first-order chi connectivity index (χ1) is 18.1. The van der Waals surface area contributed by atoms with Crippen LogP contribution in [0.4, 0.5) is 27.9 Å². The van der Waals surface area contributed by atoms with Crippen LogP contribution in [0.25, 0.3) is 0 Å². The average Bonchev–Trinajstić information content (AvgIpc) is 2.84. The molecule has 0 aliphatic heterocycles. The van der Waals surface area contributed by atoms with E-state index in [1.807, 2.05) is 45.0 Å². The Morgan fingerprint density at radius 2 is 1.55 bits per heavy atom. The van der Waals surface area contributed by atoms with Gasteiger partial charge in [-0.05, 0) is 109 Å². The normalized spacial score (nSPS) is 19.1. The van der Waals surface area contributed by atoms with Crippen molar-refractivity contribution in [3.63, 3.8) is 0 Å². The highest BCUT2D eigenvalue weighted by Crippen LogP contribution is 2.29. The molecule has 4 N–H and O–H groups in total. The minimum absolute atomic E-state index is 0.322. The van der Waals surface area contributed by atoms with Gasteiger partial charge in [-0.3, -0.25) is 5.32 Å². The van der Waals surface area contributed by atoms with Crippen LogP contribution in [0.5, 0.6) is 0 Å². The number of amides is 1. The predicted octanol–water partition coefficient (Wildman–Crippen LogP) is 5.48. The van der Waals surface area contributed by atoms with Gasteiger partial charge in [0.05, 0.1) is 5.69 Å². The zero-order valence-electron chi connectivity index (χ0n) is 23.2. The van der Waals surface area contributed by atoms with Crippen LogP contribution in [-0.4, -0.2) is 53.0 Å². The van der Waals surface area contributed by atoms with Crippen LogP contribution >= 0.6 is 12.2 Å². The lowest BCUT2D eigenvalue weighted by atomic mass is 9.91. The van der Waals surface area contributed by atoms with Crippen molar-refractivity contribution in [2.45, 2.75) is 89.8 Å². The fraction of sp³-hybridized carbons (Fsp3) is 0.571. The molecule has 1 aromatic heterocycles. The number of hydrogen-bond acceptors (Lipinski definition) is 7. The summed E-state index contributed by atoms with van der Waals surface area (Å²) >= 11 is 5.56. The summed E-state index contributed by atoms with van der Waals surface area (Å²) in [6.45, 7) is 5.50. The number of thiocarbonyl (C=S) groups is 1. The van der Waals surface area contributed by atoms with Crippen molar-refractivity contribution < 1.29 is 9.53 Å². The van der Waals surface area contributed by atoms with Gasteiger partial charge in [0, 0.05) is 43.1 Å². The van der Waals surface area contributed by atoms with Gasteiger partial charge in [0.1, 0.15) is 11.4 Å². The molecule has 206 valence electrons. The van der Waals surface area contributed by atoms with E-state index in [2.05, 4.69) is 40.3 Å². The summed E-state index contributed by atoms with van der Waals surface area (Å²) in [7, 11) is 4.12. The van der Waals surface area contributed by atoms with Crippen LogP contribution in [0.3, 0.4) is 0 Å². The van der Waals surface area contributed by atoms with Crippen molar-refractivity contribution in [2.24, 2.45) is 0 Å². The highest BCUT2D eigenvalue weighted by molar-refractivity contribution is 7.80. The maximum absolute atomic E-state index is 11.9. The smallest absolute Gasteiger partial charge is 0.412 e. The molecular weight excluding hydrogens is 498 g/mol. The topological polar surface area (TPSA) is 103 Å². The first-order valence-electron chi connectivity index (χ1n) is 13.6. The number of anilines is 4. The van der Waals surface area contributed by atoms with Crippen LogP contribution in [0.15, 0.2) is 24.3 Å². The Kier molecular flexibility index (Phi) is 8.91.